The van der Waals surface area contributed by atoms with Gasteiger partial charge in [0.15, 0.2) is 0 Å². The van der Waals surface area contributed by atoms with E-state index in [0.717, 1.165) is 58.3 Å². The third-order valence-electron chi connectivity index (χ3n) is 9.18. The van der Waals surface area contributed by atoms with E-state index in [4.69, 9.17) is 4.98 Å². The Hall–Kier alpha value is -2.93. The lowest BCUT2D eigenvalue weighted by atomic mass is 9.51. The number of rotatable bonds is 5. The molecule has 1 saturated heterocycles. The zero-order valence-electron chi connectivity index (χ0n) is 21.1. The van der Waals surface area contributed by atoms with Crippen LogP contribution in [0.1, 0.15) is 72.3 Å². The summed E-state index contributed by atoms with van der Waals surface area (Å²) < 4.78 is 0.908. The minimum Gasteiger partial charge on any atom is -0.481 e. The van der Waals surface area contributed by atoms with Gasteiger partial charge in [0.2, 0.25) is 0 Å². The van der Waals surface area contributed by atoms with Crippen molar-refractivity contribution in [3.8, 4) is 0 Å². The summed E-state index contributed by atoms with van der Waals surface area (Å²) in [7, 11) is 0. The second kappa shape index (κ2) is 9.12. The quantitative estimate of drug-likeness (QED) is 0.387. The van der Waals surface area contributed by atoms with Gasteiger partial charge in [-0.25, -0.2) is 4.98 Å². The van der Waals surface area contributed by atoms with Crippen molar-refractivity contribution in [3.63, 3.8) is 0 Å². The zero-order valence-corrected chi connectivity index (χ0v) is 22.7. The third kappa shape index (κ3) is 4.02. The van der Waals surface area contributed by atoms with Gasteiger partial charge in [0.1, 0.15) is 5.82 Å². The first kappa shape index (κ1) is 24.4. The molecule has 3 aliphatic carbocycles. The Labute approximate surface area is 225 Å². The van der Waals surface area contributed by atoms with Crippen molar-refractivity contribution in [2.24, 2.45) is 5.41 Å². The molecule has 0 radical (unpaired) electrons. The van der Waals surface area contributed by atoms with E-state index in [1.165, 1.54) is 0 Å². The number of carboxylic acids is 1. The first-order valence-corrected chi connectivity index (χ1v) is 14.1. The topological polar surface area (TPSA) is 82.5 Å². The van der Waals surface area contributed by atoms with E-state index in [9.17, 15) is 14.7 Å². The van der Waals surface area contributed by atoms with Crippen molar-refractivity contribution in [2.75, 3.05) is 18.0 Å². The van der Waals surface area contributed by atoms with Crippen LogP contribution in [0, 0.1) is 12.3 Å². The Kier molecular flexibility index (Phi) is 6.02. The molecule has 2 bridgehead atoms. The molecular formula is C30H32BrN3O3. The van der Waals surface area contributed by atoms with E-state index < -0.39 is 16.9 Å². The summed E-state index contributed by atoms with van der Waals surface area (Å²) in [5.41, 5.74) is 2.32. The normalized spacial score (nSPS) is 27.0. The summed E-state index contributed by atoms with van der Waals surface area (Å²) in [6, 6.07) is 16.1. The van der Waals surface area contributed by atoms with E-state index in [2.05, 4.69) is 38.3 Å². The fourth-order valence-electron chi connectivity index (χ4n) is 7.08. The lowest BCUT2D eigenvalue weighted by Gasteiger charge is -2.56. The van der Waals surface area contributed by atoms with Crippen molar-refractivity contribution in [1.82, 2.24) is 10.3 Å². The van der Waals surface area contributed by atoms with Gasteiger partial charge in [-0.3, -0.25) is 9.59 Å². The highest BCUT2D eigenvalue weighted by Gasteiger charge is 2.58. The van der Waals surface area contributed by atoms with Crippen LogP contribution in [0.25, 0.3) is 10.9 Å². The van der Waals surface area contributed by atoms with Gasteiger partial charge in [0, 0.05) is 40.0 Å². The number of pyridine rings is 1. The number of carbonyl (C=O) groups excluding carboxylic acids is 1. The number of amides is 1. The first-order chi connectivity index (χ1) is 17.8. The number of anilines is 1. The molecule has 1 aliphatic heterocycles. The van der Waals surface area contributed by atoms with Crippen LogP contribution in [0.2, 0.25) is 0 Å². The van der Waals surface area contributed by atoms with Crippen LogP contribution in [0.4, 0.5) is 5.82 Å². The van der Waals surface area contributed by atoms with Gasteiger partial charge in [0.05, 0.1) is 16.5 Å². The fraction of sp³-hybridized carbons (Fsp3) is 0.433. The molecule has 2 N–H and O–H groups in total. The molecule has 3 aromatic rings. The van der Waals surface area contributed by atoms with Crippen molar-refractivity contribution in [1.29, 1.82) is 0 Å². The summed E-state index contributed by atoms with van der Waals surface area (Å²) in [4.78, 5) is 33.9. The molecule has 7 heteroatoms. The van der Waals surface area contributed by atoms with Gasteiger partial charge in [-0.1, -0.05) is 46.3 Å². The number of aromatic nitrogens is 1. The molecule has 4 aliphatic rings. The molecular weight excluding hydrogens is 530 g/mol. The SMILES string of the molecule is Cc1c(N2CCCC2)nc2ccc(Br)cc2c1C(=O)NC12CCC(C(=O)O)(CC1)CC2c1ccccc1. The van der Waals surface area contributed by atoms with Crippen LogP contribution in [0.3, 0.4) is 0 Å². The number of hydrogen-bond acceptors (Lipinski definition) is 4. The molecule has 4 fully saturated rings. The lowest BCUT2D eigenvalue weighted by Crippen LogP contribution is -2.62. The predicted octanol–water partition coefficient (Wildman–Crippen LogP) is 6.21. The van der Waals surface area contributed by atoms with E-state index in [0.29, 0.717) is 37.7 Å². The molecule has 192 valence electrons. The van der Waals surface area contributed by atoms with Crippen LogP contribution >= 0.6 is 15.9 Å². The van der Waals surface area contributed by atoms with Crippen molar-refractivity contribution < 1.29 is 14.7 Å². The van der Waals surface area contributed by atoms with E-state index in [-0.39, 0.29) is 11.8 Å². The molecule has 1 aromatic heterocycles. The lowest BCUT2D eigenvalue weighted by molar-refractivity contribution is -0.157. The number of hydrogen-bond donors (Lipinski definition) is 2. The standard InChI is InChI=1S/C30H32BrN3O3/c1-19-25(22-17-21(31)9-10-24(22)32-26(19)34-15-5-6-16-34)27(35)33-30-13-11-29(12-14-30,28(36)37)18-23(30)20-7-3-2-4-8-20/h2-4,7-10,17,23H,5-6,11-16,18H2,1H3,(H,33,35)(H,36,37). The predicted molar refractivity (Wildman–Crippen MR) is 148 cm³/mol. The zero-order chi connectivity index (χ0) is 25.8. The van der Waals surface area contributed by atoms with Gasteiger partial charge in [0.25, 0.3) is 5.91 Å². The number of nitrogens with one attached hydrogen (secondary N) is 1. The monoisotopic (exact) mass is 561 g/mol. The van der Waals surface area contributed by atoms with Crippen LogP contribution in [0.15, 0.2) is 53.0 Å². The second-order valence-corrected chi connectivity index (χ2v) is 12.1. The highest BCUT2D eigenvalue weighted by molar-refractivity contribution is 9.10. The highest BCUT2D eigenvalue weighted by atomic mass is 79.9. The number of carboxylic acid groups (broad SMARTS) is 1. The van der Waals surface area contributed by atoms with Gasteiger partial charge in [-0.05, 0) is 75.6 Å². The Morgan fingerprint density at radius 1 is 1.05 bits per heavy atom. The van der Waals surface area contributed by atoms with Crippen LogP contribution in [-0.2, 0) is 4.79 Å². The highest BCUT2D eigenvalue weighted by Crippen LogP contribution is 2.58. The summed E-state index contributed by atoms with van der Waals surface area (Å²) in [5, 5.41) is 14.5. The summed E-state index contributed by atoms with van der Waals surface area (Å²) in [5.74, 6) is 0.0550. The molecule has 0 spiro atoms. The summed E-state index contributed by atoms with van der Waals surface area (Å²) in [6.07, 6.45) is 5.32. The van der Waals surface area contributed by atoms with Gasteiger partial charge in [-0.2, -0.15) is 0 Å². The van der Waals surface area contributed by atoms with E-state index in [1.54, 1.807) is 0 Å². The number of fused-ring (bicyclic) bond motifs is 4. The summed E-state index contributed by atoms with van der Waals surface area (Å²) >= 11 is 3.59. The number of halogens is 1. The summed E-state index contributed by atoms with van der Waals surface area (Å²) in [6.45, 7) is 3.92. The molecule has 1 amide bonds. The maximum atomic E-state index is 14.3. The van der Waals surface area contributed by atoms with Gasteiger partial charge < -0.3 is 15.3 Å². The van der Waals surface area contributed by atoms with Crippen molar-refractivity contribution in [3.05, 3.63) is 69.7 Å². The average Bonchev–Trinajstić information content (AvgIpc) is 3.44. The number of carbonyl (C=O) groups is 2. The molecule has 7 rings (SSSR count). The largest absolute Gasteiger partial charge is 0.481 e. The molecule has 37 heavy (non-hydrogen) atoms. The smallest absolute Gasteiger partial charge is 0.309 e. The van der Waals surface area contributed by atoms with Crippen molar-refractivity contribution >= 4 is 44.5 Å². The maximum Gasteiger partial charge on any atom is 0.309 e. The van der Waals surface area contributed by atoms with E-state index >= 15 is 0 Å². The molecule has 1 unspecified atom stereocenters. The Morgan fingerprint density at radius 3 is 2.43 bits per heavy atom. The van der Waals surface area contributed by atoms with Gasteiger partial charge in [-0.15, -0.1) is 0 Å². The Balaban J connectivity index is 1.44. The number of nitrogens with zero attached hydrogens (tertiary/aromatic N) is 2. The Morgan fingerprint density at radius 2 is 1.76 bits per heavy atom. The van der Waals surface area contributed by atoms with Crippen LogP contribution in [0.5, 0.6) is 0 Å². The molecule has 2 aromatic carbocycles. The minimum absolute atomic E-state index is 0.0468. The molecule has 6 nitrogen and oxygen atoms in total. The minimum atomic E-state index is -0.708. The average molecular weight is 563 g/mol. The first-order valence-electron chi connectivity index (χ1n) is 13.3. The van der Waals surface area contributed by atoms with Crippen LogP contribution in [-0.4, -0.2) is 40.6 Å². The molecule has 3 saturated carbocycles. The Bertz CT molecular complexity index is 1380. The maximum absolute atomic E-state index is 14.3. The second-order valence-electron chi connectivity index (χ2n) is 11.2. The third-order valence-corrected chi connectivity index (χ3v) is 9.67. The molecule has 1 atom stereocenters. The van der Waals surface area contributed by atoms with Crippen molar-refractivity contribution in [2.45, 2.75) is 63.3 Å². The van der Waals surface area contributed by atoms with Gasteiger partial charge >= 0.3 is 5.97 Å². The van der Waals surface area contributed by atoms with Crippen LogP contribution < -0.4 is 10.2 Å². The van der Waals surface area contributed by atoms with E-state index in [1.807, 2.05) is 43.3 Å². The number of benzene rings is 2. The molecule has 2 heterocycles. The fourth-order valence-corrected chi connectivity index (χ4v) is 7.45. The number of aliphatic carboxylic acids is 1.